The minimum absolute atomic E-state index is 0.314. The van der Waals surface area contributed by atoms with Gasteiger partial charge in [-0.1, -0.05) is 0 Å². The Morgan fingerprint density at radius 2 is 1.94 bits per heavy atom. The Kier molecular flexibility index (Phi) is 3.84. The van der Waals surface area contributed by atoms with Crippen LogP contribution in [0.1, 0.15) is 23.2 Å². The molecule has 0 atom stereocenters. The molecule has 0 radical (unpaired) electrons. The third-order valence-corrected chi connectivity index (χ3v) is 2.42. The van der Waals surface area contributed by atoms with E-state index < -0.39 is 35.0 Å². The van der Waals surface area contributed by atoms with Gasteiger partial charge < -0.3 is 5.73 Å². The number of alkyl halides is 5. The first-order chi connectivity index (χ1) is 7.27. The fourth-order valence-electron chi connectivity index (χ4n) is 1.10. The van der Waals surface area contributed by atoms with E-state index in [1.54, 1.807) is 0 Å². The summed E-state index contributed by atoms with van der Waals surface area (Å²) in [6, 6.07) is 0.582. The third kappa shape index (κ3) is 2.67. The van der Waals surface area contributed by atoms with Crippen LogP contribution in [-0.2, 0) is 12.7 Å². The summed E-state index contributed by atoms with van der Waals surface area (Å²) in [7, 11) is 0. The Balaban J connectivity index is 3.37. The first-order valence-corrected chi connectivity index (χ1v) is 4.81. The molecule has 0 bridgehead atoms. The third-order valence-electron chi connectivity index (χ3n) is 1.82. The fraction of sp³-hybridized carbons (Fsp3) is 0.375. The highest BCUT2D eigenvalue weighted by Crippen LogP contribution is 2.36. The van der Waals surface area contributed by atoms with Crippen LogP contribution in [0.25, 0.3) is 0 Å². The second-order valence-corrected chi connectivity index (χ2v) is 3.62. The van der Waals surface area contributed by atoms with Crippen molar-refractivity contribution in [3.05, 3.63) is 27.5 Å². The Morgan fingerprint density at radius 3 is 2.31 bits per heavy atom. The van der Waals surface area contributed by atoms with Gasteiger partial charge in [-0.3, -0.25) is 0 Å². The van der Waals surface area contributed by atoms with Gasteiger partial charge in [0, 0.05) is 6.54 Å². The van der Waals surface area contributed by atoms with Crippen LogP contribution >= 0.6 is 15.9 Å². The van der Waals surface area contributed by atoms with Crippen molar-refractivity contribution in [3.8, 4) is 0 Å². The lowest BCUT2D eigenvalue weighted by Crippen LogP contribution is -2.12. The summed E-state index contributed by atoms with van der Waals surface area (Å²) < 4.78 is 61.3. The summed E-state index contributed by atoms with van der Waals surface area (Å²) in [5.41, 5.74) is 2.93. The van der Waals surface area contributed by atoms with Crippen molar-refractivity contribution >= 4 is 15.9 Å². The number of halogens is 6. The molecule has 0 saturated carbocycles. The van der Waals surface area contributed by atoms with Crippen molar-refractivity contribution in [3.63, 3.8) is 0 Å². The first kappa shape index (κ1) is 13.3. The lowest BCUT2D eigenvalue weighted by Gasteiger charge is -2.13. The van der Waals surface area contributed by atoms with Gasteiger partial charge in [-0.2, -0.15) is 13.2 Å². The van der Waals surface area contributed by atoms with Crippen molar-refractivity contribution in [2.75, 3.05) is 0 Å². The van der Waals surface area contributed by atoms with E-state index in [1.165, 1.54) is 0 Å². The number of hydrogen-bond donors (Lipinski definition) is 1. The average molecular weight is 305 g/mol. The Bertz CT molecular complexity index is 391. The highest BCUT2D eigenvalue weighted by atomic mass is 79.9. The molecular formula is C8H6BrF5N2. The Hall–Kier alpha value is -0.760. The molecule has 2 N–H and O–H groups in total. The molecule has 0 aliphatic rings. The van der Waals surface area contributed by atoms with Crippen LogP contribution in [0.4, 0.5) is 22.0 Å². The molecule has 1 aromatic heterocycles. The van der Waals surface area contributed by atoms with Crippen LogP contribution in [0, 0.1) is 0 Å². The molecule has 0 amide bonds. The summed E-state index contributed by atoms with van der Waals surface area (Å²) in [6.45, 7) is -0.428. The molecule has 8 heteroatoms. The summed E-state index contributed by atoms with van der Waals surface area (Å²) in [5, 5.41) is 0. The first-order valence-electron chi connectivity index (χ1n) is 4.02. The van der Waals surface area contributed by atoms with Crippen LogP contribution in [-0.4, -0.2) is 4.98 Å². The second kappa shape index (κ2) is 4.62. The molecule has 0 aliphatic heterocycles. The highest BCUT2D eigenvalue weighted by Gasteiger charge is 2.35. The normalized spacial score (nSPS) is 12.2. The van der Waals surface area contributed by atoms with E-state index in [2.05, 4.69) is 20.9 Å². The van der Waals surface area contributed by atoms with Crippen molar-refractivity contribution in [2.45, 2.75) is 19.1 Å². The quantitative estimate of drug-likeness (QED) is 0.673. The summed E-state index contributed by atoms with van der Waals surface area (Å²) in [4.78, 5) is 3.18. The predicted octanol–water partition coefficient (Wildman–Crippen LogP) is 3.26. The molecule has 1 aromatic rings. The number of nitrogens with two attached hydrogens (primary N) is 1. The van der Waals surface area contributed by atoms with Crippen LogP contribution in [0.5, 0.6) is 0 Å². The van der Waals surface area contributed by atoms with Gasteiger partial charge in [0.05, 0.1) is 5.56 Å². The second-order valence-electron chi connectivity index (χ2n) is 2.87. The summed E-state index contributed by atoms with van der Waals surface area (Å²) in [5.74, 6) is 0. The molecule has 16 heavy (non-hydrogen) atoms. The van der Waals surface area contributed by atoms with E-state index in [-0.39, 0.29) is 5.56 Å². The van der Waals surface area contributed by atoms with Crippen molar-refractivity contribution < 1.29 is 22.0 Å². The molecule has 0 fully saturated rings. The zero-order chi connectivity index (χ0) is 12.5. The number of aromatic nitrogens is 1. The van der Waals surface area contributed by atoms with Crippen LogP contribution in [0.15, 0.2) is 10.7 Å². The van der Waals surface area contributed by atoms with E-state index in [9.17, 15) is 22.0 Å². The molecule has 0 aromatic carbocycles. The molecule has 1 heterocycles. The van der Waals surface area contributed by atoms with Crippen molar-refractivity contribution in [1.29, 1.82) is 0 Å². The molecule has 1 rings (SSSR count). The minimum Gasteiger partial charge on any atom is -0.326 e. The Labute approximate surface area is 95.8 Å². The lowest BCUT2D eigenvalue weighted by atomic mass is 10.1. The predicted molar refractivity (Wildman–Crippen MR) is 49.8 cm³/mol. The average Bonchev–Trinajstić information content (AvgIpc) is 2.15. The SMILES string of the molecule is NCc1cc(C(F)(F)F)c(Br)nc1C(F)F. The fourth-order valence-corrected chi connectivity index (χ4v) is 1.63. The van der Waals surface area contributed by atoms with Crippen LogP contribution in [0.3, 0.4) is 0 Å². The maximum Gasteiger partial charge on any atom is 0.419 e. The monoisotopic (exact) mass is 304 g/mol. The van der Waals surface area contributed by atoms with Crippen LogP contribution in [0.2, 0.25) is 0 Å². The van der Waals surface area contributed by atoms with Gasteiger partial charge in [0.2, 0.25) is 0 Å². The minimum atomic E-state index is -4.66. The lowest BCUT2D eigenvalue weighted by molar-refractivity contribution is -0.138. The zero-order valence-electron chi connectivity index (χ0n) is 7.65. The highest BCUT2D eigenvalue weighted by molar-refractivity contribution is 9.10. The molecule has 0 unspecified atom stereocenters. The number of pyridine rings is 1. The summed E-state index contributed by atoms with van der Waals surface area (Å²) in [6.07, 6.45) is -7.62. The molecule has 2 nitrogen and oxygen atoms in total. The van der Waals surface area contributed by atoms with Gasteiger partial charge in [-0.05, 0) is 27.6 Å². The van der Waals surface area contributed by atoms with Gasteiger partial charge in [0.15, 0.2) is 0 Å². The van der Waals surface area contributed by atoms with Gasteiger partial charge in [0.1, 0.15) is 10.3 Å². The van der Waals surface area contributed by atoms with E-state index in [0.717, 1.165) is 0 Å². The van der Waals surface area contributed by atoms with E-state index in [4.69, 9.17) is 5.73 Å². The topological polar surface area (TPSA) is 38.9 Å². The Morgan fingerprint density at radius 1 is 1.38 bits per heavy atom. The van der Waals surface area contributed by atoms with Crippen molar-refractivity contribution in [2.24, 2.45) is 5.73 Å². The number of hydrogen-bond acceptors (Lipinski definition) is 2. The maximum atomic E-state index is 12.4. The largest absolute Gasteiger partial charge is 0.419 e. The molecule has 0 aliphatic carbocycles. The standard InChI is InChI=1S/C8H6BrF5N2/c9-6-4(8(12,13)14)1-3(2-15)5(16-6)7(10)11/h1,7H,2,15H2. The van der Waals surface area contributed by atoms with Gasteiger partial charge in [-0.15, -0.1) is 0 Å². The van der Waals surface area contributed by atoms with Crippen molar-refractivity contribution in [1.82, 2.24) is 4.98 Å². The van der Waals surface area contributed by atoms with Gasteiger partial charge in [-0.25, -0.2) is 13.8 Å². The molecule has 90 valence electrons. The zero-order valence-corrected chi connectivity index (χ0v) is 9.24. The maximum absolute atomic E-state index is 12.4. The number of nitrogens with zero attached hydrogens (tertiary/aromatic N) is 1. The van der Waals surface area contributed by atoms with E-state index in [1.807, 2.05) is 0 Å². The summed E-state index contributed by atoms with van der Waals surface area (Å²) >= 11 is 2.51. The molecule has 0 saturated heterocycles. The smallest absolute Gasteiger partial charge is 0.326 e. The van der Waals surface area contributed by atoms with Gasteiger partial charge in [0.25, 0.3) is 6.43 Å². The molecule has 0 spiro atoms. The van der Waals surface area contributed by atoms with Crippen LogP contribution < -0.4 is 5.73 Å². The number of rotatable bonds is 2. The van der Waals surface area contributed by atoms with E-state index >= 15 is 0 Å². The van der Waals surface area contributed by atoms with Gasteiger partial charge >= 0.3 is 6.18 Å². The molecular weight excluding hydrogens is 299 g/mol. The van der Waals surface area contributed by atoms with E-state index in [0.29, 0.717) is 6.07 Å².